The lowest BCUT2D eigenvalue weighted by Gasteiger charge is -2.12. The molecule has 0 aliphatic carbocycles. The molecule has 6 nitrogen and oxygen atoms in total. The van der Waals surface area contributed by atoms with Gasteiger partial charge >= 0.3 is 11.6 Å². The molecular weight excluding hydrogens is 396 g/mol. The van der Waals surface area contributed by atoms with Gasteiger partial charge in [0, 0.05) is 22.0 Å². The Morgan fingerprint density at radius 3 is 2.48 bits per heavy atom. The third-order valence-electron chi connectivity index (χ3n) is 4.25. The fraction of sp³-hybridized carbons (Fsp3) is 0.273. The first-order chi connectivity index (χ1) is 13.9. The molecule has 0 N–H and O–H groups in total. The van der Waals surface area contributed by atoms with Crippen LogP contribution in [0.3, 0.4) is 0 Å². The number of benzene rings is 2. The third kappa shape index (κ3) is 4.71. The van der Waals surface area contributed by atoms with E-state index in [2.05, 4.69) is 0 Å². The summed E-state index contributed by atoms with van der Waals surface area (Å²) in [5.41, 5.74) is 1.49. The van der Waals surface area contributed by atoms with E-state index in [9.17, 15) is 9.59 Å². The molecule has 0 unspecified atom stereocenters. The summed E-state index contributed by atoms with van der Waals surface area (Å²) in [6.45, 7) is 6.35. The Balaban J connectivity index is 1.85. The molecule has 2 aromatic carbocycles. The van der Waals surface area contributed by atoms with Crippen molar-refractivity contribution in [1.82, 2.24) is 0 Å². The molecule has 0 fully saturated rings. The van der Waals surface area contributed by atoms with Gasteiger partial charge in [-0.3, -0.25) is 0 Å². The monoisotopic (exact) mass is 416 g/mol. The van der Waals surface area contributed by atoms with E-state index in [-0.39, 0.29) is 6.61 Å². The molecule has 7 heteroatoms. The van der Waals surface area contributed by atoms with Crippen molar-refractivity contribution in [2.45, 2.75) is 27.4 Å². The number of hydrogen-bond donors (Lipinski definition) is 0. The topological polar surface area (TPSA) is 75.0 Å². The molecule has 1 aromatic heterocycles. The first kappa shape index (κ1) is 20.7. The van der Waals surface area contributed by atoms with Gasteiger partial charge in [-0.25, -0.2) is 9.59 Å². The number of carbonyl (C=O) groups excluding carboxylic acids is 1. The van der Waals surface area contributed by atoms with Gasteiger partial charge in [0.05, 0.1) is 18.8 Å². The highest BCUT2D eigenvalue weighted by Gasteiger charge is 2.15. The van der Waals surface area contributed by atoms with Crippen molar-refractivity contribution in [1.29, 1.82) is 0 Å². The highest BCUT2D eigenvalue weighted by Crippen LogP contribution is 2.29. The zero-order valence-electron chi connectivity index (χ0n) is 16.4. The lowest BCUT2D eigenvalue weighted by molar-refractivity contribution is 0.0473. The quantitative estimate of drug-likeness (QED) is 0.402. The van der Waals surface area contributed by atoms with Crippen LogP contribution in [0.2, 0.25) is 5.02 Å². The van der Waals surface area contributed by atoms with Crippen LogP contribution in [0.25, 0.3) is 11.0 Å². The maximum atomic E-state index is 12.5. The molecule has 3 aromatic rings. The predicted octanol–water partition coefficient (Wildman–Crippen LogP) is 4.91. The molecule has 152 valence electrons. The first-order valence-electron chi connectivity index (χ1n) is 9.22. The van der Waals surface area contributed by atoms with E-state index >= 15 is 0 Å². The number of carbonyl (C=O) groups is 1. The minimum atomic E-state index is -0.548. The second-order valence-corrected chi connectivity index (χ2v) is 6.70. The third-order valence-corrected chi connectivity index (χ3v) is 4.65. The smallest absolute Gasteiger partial charge is 0.338 e. The van der Waals surface area contributed by atoms with Crippen LogP contribution in [0.1, 0.15) is 35.3 Å². The highest BCUT2D eigenvalue weighted by atomic mass is 35.5. The molecule has 0 aliphatic heterocycles. The number of esters is 1. The Kier molecular flexibility index (Phi) is 6.44. The van der Waals surface area contributed by atoms with Crippen molar-refractivity contribution >= 4 is 28.5 Å². The van der Waals surface area contributed by atoms with Gasteiger partial charge in [-0.1, -0.05) is 11.6 Å². The summed E-state index contributed by atoms with van der Waals surface area (Å²) in [7, 11) is 0. The average Bonchev–Trinajstić information content (AvgIpc) is 2.69. The van der Waals surface area contributed by atoms with Gasteiger partial charge in [-0.05, 0) is 56.7 Å². The Morgan fingerprint density at radius 1 is 1.03 bits per heavy atom. The fourth-order valence-electron chi connectivity index (χ4n) is 2.87. The van der Waals surface area contributed by atoms with E-state index in [0.29, 0.717) is 51.8 Å². The predicted molar refractivity (Wildman–Crippen MR) is 110 cm³/mol. The van der Waals surface area contributed by atoms with E-state index in [1.54, 1.807) is 30.3 Å². The van der Waals surface area contributed by atoms with Crippen LogP contribution in [0, 0.1) is 6.92 Å². The molecule has 0 amide bonds. The summed E-state index contributed by atoms with van der Waals surface area (Å²) >= 11 is 6.19. The van der Waals surface area contributed by atoms with Crippen molar-refractivity contribution < 1.29 is 23.4 Å². The summed E-state index contributed by atoms with van der Waals surface area (Å²) in [4.78, 5) is 24.4. The zero-order valence-corrected chi connectivity index (χ0v) is 17.2. The summed E-state index contributed by atoms with van der Waals surface area (Å²) in [5, 5.41) is 1.15. The Bertz CT molecular complexity index is 1100. The lowest BCUT2D eigenvalue weighted by Crippen LogP contribution is -2.09. The van der Waals surface area contributed by atoms with Crippen molar-refractivity contribution in [3.8, 4) is 11.5 Å². The number of hydrogen-bond acceptors (Lipinski definition) is 6. The Labute approximate surface area is 172 Å². The van der Waals surface area contributed by atoms with Gasteiger partial charge in [0.1, 0.15) is 12.2 Å². The zero-order chi connectivity index (χ0) is 21.0. The highest BCUT2D eigenvalue weighted by molar-refractivity contribution is 6.32. The SMILES string of the molecule is CCOc1ccc(C(=O)OCc2cc(=O)oc3cc(C)c(Cl)cc23)cc1OCC. The molecule has 0 spiro atoms. The van der Waals surface area contributed by atoms with E-state index in [1.165, 1.54) is 6.07 Å². The number of halogens is 1. The lowest BCUT2D eigenvalue weighted by atomic mass is 10.1. The molecule has 0 aliphatic rings. The molecule has 3 rings (SSSR count). The van der Waals surface area contributed by atoms with Crippen molar-refractivity contribution in [3.05, 3.63) is 68.5 Å². The Hall–Kier alpha value is -2.99. The maximum absolute atomic E-state index is 12.5. The van der Waals surface area contributed by atoms with E-state index in [1.807, 2.05) is 20.8 Å². The second kappa shape index (κ2) is 9.01. The summed E-state index contributed by atoms with van der Waals surface area (Å²) in [5.74, 6) is 0.480. The van der Waals surface area contributed by atoms with E-state index < -0.39 is 11.6 Å². The standard InChI is InChI=1S/C22H21ClO6/c1-4-26-18-7-6-14(9-20(18)27-5-2)22(25)28-12-15-10-21(24)29-19-8-13(3)17(23)11-16(15)19/h6-11H,4-5,12H2,1-3H3. The van der Waals surface area contributed by atoms with Crippen LogP contribution < -0.4 is 15.1 Å². The minimum Gasteiger partial charge on any atom is -0.490 e. The summed E-state index contributed by atoms with van der Waals surface area (Å²) in [6.07, 6.45) is 0. The van der Waals surface area contributed by atoms with Gasteiger partial charge in [0.15, 0.2) is 11.5 Å². The van der Waals surface area contributed by atoms with Crippen LogP contribution in [-0.2, 0) is 11.3 Å². The largest absolute Gasteiger partial charge is 0.490 e. The molecular formula is C22H21ClO6. The molecule has 0 radical (unpaired) electrons. The normalized spacial score (nSPS) is 10.8. The molecule has 0 bridgehead atoms. The number of rotatable bonds is 7. The van der Waals surface area contributed by atoms with Crippen LogP contribution in [0.4, 0.5) is 0 Å². The van der Waals surface area contributed by atoms with Crippen LogP contribution in [-0.4, -0.2) is 19.2 Å². The molecule has 0 saturated heterocycles. The van der Waals surface area contributed by atoms with E-state index in [0.717, 1.165) is 5.56 Å². The maximum Gasteiger partial charge on any atom is 0.338 e. The molecule has 0 atom stereocenters. The van der Waals surface area contributed by atoms with Crippen molar-refractivity contribution in [3.63, 3.8) is 0 Å². The van der Waals surface area contributed by atoms with Crippen LogP contribution >= 0.6 is 11.6 Å². The van der Waals surface area contributed by atoms with Crippen LogP contribution in [0.15, 0.2) is 45.6 Å². The van der Waals surface area contributed by atoms with Gasteiger partial charge in [-0.2, -0.15) is 0 Å². The Morgan fingerprint density at radius 2 is 1.76 bits per heavy atom. The van der Waals surface area contributed by atoms with Gasteiger partial charge < -0.3 is 18.6 Å². The summed E-state index contributed by atoms with van der Waals surface area (Å²) < 4.78 is 21.7. The van der Waals surface area contributed by atoms with Crippen molar-refractivity contribution in [2.75, 3.05) is 13.2 Å². The van der Waals surface area contributed by atoms with Gasteiger partial charge in [0.2, 0.25) is 0 Å². The molecule has 29 heavy (non-hydrogen) atoms. The minimum absolute atomic E-state index is 0.0997. The van der Waals surface area contributed by atoms with Gasteiger partial charge in [-0.15, -0.1) is 0 Å². The fourth-order valence-corrected chi connectivity index (χ4v) is 3.04. The van der Waals surface area contributed by atoms with Gasteiger partial charge in [0.25, 0.3) is 0 Å². The average molecular weight is 417 g/mol. The van der Waals surface area contributed by atoms with Crippen LogP contribution in [0.5, 0.6) is 11.5 Å². The molecule has 0 saturated carbocycles. The second-order valence-electron chi connectivity index (χ2n) is 6.29. The number of aryl methyl sites for hydroxylation is 1. The first-order valence-corrected chi connectivity index (χ1v) is 9.60. The van der Waals surface area contributed by atoms with Crippen molar-refractivity contribution in [2.24, 2.45) is 0 Å². The molecule has 1 heterocycles. The number of ether oxygens (including phenoxy) is 3. The number of fused-ring (bicyclic) bond motifs is 1. The van der Waals surface area contributed by atoms with E-state index in [4.69, 9.17) is 30.2 Å². The summed E-state index contributed by atoms with van der Waals surface area (Å²) in [6, 6.07) is 9.53.